The highest BCUT2D eigenvalue weighted by Gasteiger charge is 2.15. The molecular formula is C27H28N6O2. The monoisotopic (exact) mass is 468 g/mol. The zero-order valence-corrected chi connectivity index (χ0v) is 20.1. The van der Waals surface area contributed by atoms with Gasteiger partial charge in [0.05, 0.1) is 24.9 Å². The Kier molecular flexibility index (Phi) is 6.43. The first-order valence-corrected chi connectivity index (χ1v) is 11.7. The number of aromatic nitrogens is 3. The Bertz CT molecular complexity index is 1370. The van der Waals surface area contributed by atoms with Gasteiger partial charge in [0.15, 0.2) is 0 Å². The quantitative estimate of drug-likeness (QED) is 0.358. The number of fused-ring (bicyclic) bond motifs is 1. The lowest BCUT2D eigenvalue weighted by atomic mass is 10.1. The Morgan fingerprint density at radius 1 is 0.971 bits per heavy atom. The van der Waals surface area contributed by atoms with Crippen LogP contribution in [0.15, 0.2) is 66.0 Å². The molecular weight excluding hydrogens is 440 g/mol. The highest BCUT2D eigenvalue weighted by molar-refractivity contribution is 5.96. The standard InChI is InChI=1S/C27H28N6O2/c1-4-19-13-29-27(34-15-19)33-21-6-9-24-23(12-21)26(31-16-30-24)32-20-7-10-25(17(2)11-20)35-22-8-5-18(3)28-14-22/h5-12,14,16,19H,4,13,15H2,1-3H3,(H,29,33)(H,30,31,32). The van der Waals surface area contributed by atoms with Crippen LogP contribution in [0.25, 0.3) is 10.9 Å². The van der Waals surface area contributed by atoms with E-state index in [1.165, 1.54) is 0 Å². The molecule has 0 spiro atoms. The lowest BCUT2D eigenvalue weighted by Gasteiger charge is -2.21. The number of hydrogen-bond acceptors (Lipinski definition) is 8. The number of ether oxygens (including phenoxy) is 2. The molecule has 0 saturated heterocycles. The van der Waals surface area contributed by atoms with Crippen molar-refractivity contribution in [3.8, 4) is 11.5 Å². The van der Waals surface area contributed by atoms with Crippen molar-refractivity contribution in [2.24, 2.45) is 10.9 Å². The van der Waals surface area contributed by atoms with E-state index in [-0.39, 0.29) is 0 Å². The molecule has 0 fully saturated rings. The van der Waals surface area contributed by atoms with Crippen LogP contribution in [0.1, 0.15) is 24.6 Å². The van der Waals surface area contributed by atoms with Crippen molar-refractivity contribution in [2.45, 2.75) is 27.2 Å². The lowest BCUT2D eigenvalue weighted by molar-refractivity contribution is 0.216. The second-order valence-corrected chi connectivity index (χ2v) is 8.65. The normalized spacial score (nSPS) is 15.3. The van der Waals surface area contributed by atoms with E-state index < -0.39 is 0 Å². The summed E-state index contributed by atoms with van der Waals surface area (Å²) >= 11 is 0. The summed E-state index contributed by atoms with van der Waals surface area (Å²) in [4.78, 5) is 17.7. The summed E-state index contributed by atoms with van der Waals surface area (Å²) in [5.74, 6) is 2.68. The largest absolute Gasteiger partial charge is 0.465 e. The maximum absolute atomic E-state index is 5.99. The highest BCUT2D eigenvalue weighted by atomic mass is 16.5. The predicted octanol–water partition coefficient (Wildman–Crippen LogP) is 6.00. The van der Waals surface area contributed by atoms with Gasteiger partial charge in [-0.2, -0.15) is 0 Å². The predicted molar refractivity (Wildman–Crippen MR) is 139 cm³/mol. The summed E-state index contributed by atoms with van der Waals surface area (Å²) in [6.07, 6.45) is 4.35. The summed E-state index contributed by atoms with van der Waals surface area (Å²) < 4.78 is 11.8. The minimum Gasteiger partial charge on any atom is -0.465 e. The molecule has 1 aliphatic rings. The second kappa shape index (κ2) is 9.97. The third-order valence-electron chi connectivity index (χ3n) is 5.96. The number of anilines is 3. The fourth-order valence-corrected chi connectivity index (χ4v) is 3.81. The summed E-state index contributed by atoms with van der Waals surface area (Å²) in [5.41, 5.74) is 4.56. The van der Waals surface area contributed by atoms with E-state index in [0.29, 0.717) is 30.1 Å². The Hall–Kier alpha value is -4.20. The van der Waals surface area contributed by atoms with Crippen LogP contribution in [0.2, 0.25) is 0 Å². The van der Waals surface area contributed by atoms with Gasteiger partial charge in [-0.25, -0.2) is 15.0 Å². The SMILES string of the molecule is CCC1CN=C(Nc2ccc3ncnc(Nc4ccc(Oc5ccc(C)nc5)c(C)c4)c3c2)OC1. The number of pyridine rings is 1. The van der Waals surface area contributed by atoms with E-state index >= 15 is 0 Å². The number of rotatable bonds is 6. The van der Waals surface area contributed by atoms with Crippen LogP contribution in [0.4, 0.5) is 17.2 Å². The number of hydrogen-bond donors (Lipinski definition) is 2. The molecule has 178 valence electrons. The third kappa shape index (κ3) is 5.32. The Balaban J connectivity index is 1.35. The Morgan fingerprint density at radius 3 is 2.57 bits per heavy atom. The number of nitrogens with zero attached hydrogens (tertiary/aromatic N) is 4. The molecule has 2 aromatic heterocycles. The van der Waals surface area contributed by atoms with Crippen LogP contribution in [0.3, 0.4) is 0 Å². The molecule has 4 aromatic rings. The molecule has 0 saturated carbocycles. The third-order valence-corrected chi connectivity index (χ3v) is 5.96. The van der Waals surface area contributed by atoms with Gasteiger partial charge < -0.3 is 20.1 Å². The Morgan fingerprint density at radius 2 is 1.83 bits per heavy atom. The van der Waals surface area contributed by atoms with Crippen molar-refractivity contribution in [2.75, 3.05) is 23.8 Å². The first-order valence-electron chi connectivity index (χ1n) is 11.7. The molecule has 1 atom stereocenters. The molecule has 3 heterocycles. The van der Waals surface area contributed by atoms with Crippen LogP contribution in [-0.2, 0) is 4.74 Å². The van der Waals surface area contributed by atoms with Gasteiger partial charge in [-0.1, -0.05) is 6.92 Å². The smallest absolute Gasteiger partial charge is 0.289 e. The molecule has 1 unspecified atom stereocenters. The highest BCUT2D eigenvalue weighted by Crippen LogP contribution is 2.30. The van der Waals surface area contributed by atoms with Crippen molar-refractivity contribution >= 4 is 34.1 Å². The second-order valence-electron chi connectivity index (χ2n) is 8.65. The lowest BCUT2D eigenvalue weighted by Crippen LogP contribution is -2.27. The molecule has 0 radical (unpaired) electrons. The zero-order valence-electron chi connectivity index (χ0n) is 20.1. The number of benzene rings is 2. The van der Waals surface area contributed by atoms with Gasteiger partial charge in [0.1, 0.15) is 23.6 Å². The van der Waals surface area contributed by atoms with E-state index in [9.17, 15) is 0 Å². The van der Waals surface area contributed by atoms with E-state index in [1.807, 2.05) is 62.4 Å². The van der Waals surface area contributed by atoms with Crippen molar-refractivity contribution in [1.29, 1.82) is 0 Å². The number of aryl methyl sites for hydroxylation is 2. The molecule has 8 heteroatoms. The van der Waals surface area contributed by atoms with Crippen molar-refractivity contribution in [1.82, 2.24) is 15.0 Å². The Labute approximate surface area is 204 Å². The van der Waals surface area contributed by atoms with E-state index in [1.54, 1.807) is 12.5 Å². The van der Waals surface area contributed by atoms with Crippen LogP contribution >= 0.6 is 0 Å². The minimum atomic E-state index is 0.482. The molecule has 0 amide bonds. The van der Waals surface area contributed by atoms with E-state index in [4.69, 9.17) is 9.47 Å². The number of aliphatic imine (C=N–C) groups is 1. The van der Waals surface area contributed by atoms with Gasteiger partial charge in [0.25, 0.3) is 6.02 Å². The summed E-state index contributed by atoms with van der Waals surface area (Å²) in [6.45, 7) is 7.58. The van der Waals surface area contributed by atoms with Crippen LogP contribution in [0, 0.1) is 19.8 Å². The fraction of sp³-hybridized carbons (Fsp3) is 0.259. The van der Waals surface area contributed by atoms with Crippen molar-refractivity contribution < 1.29 is 9.47 Å². The minimum absolute atomic E-state index is 0.482. The molecule has 1 aliphatic heterocycles. The molecule has 8 nitrogen and oxygen atoms in total. The first-order chi connectivity index (χ1) is 17.1. The van der Waals surface area contributed by atoms with Gasteiger partial charge in [-0.15, -0.1) is 0 Å². The topological polar surface area (TPSA) is 93.6 Å². The van der Waals surface area contributed by atoms with E-state index in [2.05, 4.69) is 37.5 Å². The van der Waals surface area contributed by atoms with Crippen LogP contribution in [-0.4, -0.2) is 34.1 Å². The van der Waals surface area contributed by atoms with Crippen molar-refractivity contribution in [3.05, 3.63) is 72.3 Å². The van der Waals surface area contributed by atoms with E-state index in [0.717, 1.165) is 52.3 Å². The molecule has 2 aromatic carbocycles. The number of nitrogens with one attached hydrogen (secondary N) is 2. The molecule has 35 heavy (non-hydrogen) atoms. The van der Waals surface area contributed by atoms with Gasteiger partial charge in [-0.3, -0.25) is 4.98 Å². The van der Waals surface area contributed by atoms with Crippen LogP contribution < -0.4 is 15.4 Å². The summed E-state index contributed by atoms with van der Waals surface area (Å²) in [7, 11) is 0. The summed E-state index contributed by atoms with van der Waals surface area (Å²) in [5, 5.41) is 7.59. The average Bonchev–Trinajstić information content (AvgIpc) is 2.88. The average molecular weight is 469 g/mol. The van der Waals surface area contributed by atoms with Gasteiger partial charge >= 0.3 is 0 Å². The zero-order chi connectivity index (χ0) is 24.2. The van der Waals surface area contributed by atoms with Crippen molar-refractivity contribution in [3.63, 3.8) is 0 Å². The first kappa shape index (κ1) is 22.6. The van der Waals surface area contributed by atoms with Crippen LogP contribution in [0.5, 0.6) is 11.5 Å². The fourth-order valence-electron chi connectivity index (χ4n) is 3.81. The molecule has 5 rings (SSSR count). The molecule has 2 N–H and O–H groups in total. The van der Waals surface area contributed by atoms with Gasteiger partial charge in [0.2, 0.25) is 0 Å². The number of amidine groups is 1. The maximum atomic E-state index is 5.99. The van der Waals surface area contributed by atoms with Gasteiger partial charge in [-0.05, 0) is 74.4 Å². The van der Waals surface area contributed by atoms with Gasteiger partial charge in [0, 0.05) is 28.4 Å². The maximum Gasteiger partial charge on any atom is 0.289 e. The molecule has 0 bridgehead atoms. The summed E-state index contributed by atoms with van der Waals surface area (Å²) in [6, 6.07) is 16.3. The molecule has 0 aliphatic carbocycles.